The molecule has 2 aromatic carbocycles. The summed E-state index contributed by atoms with van der Waals surface area (Å²) in [5.74, 6) is -2.16. The minimum Gasteiger partial charge on any atom is -0.493 e. The van der Waals surface area contributed by atoms with E-state index >= 15 is 0 Å². The van der Waals surface area contributed by atoms with Gasteiger partial charge in [0.15, 0.2) is 11.5 Å². The molecule has 0 aliphatic rings. The molecule has 0 aliphatic heterocycles. The number of benzene rings is 2. The maximum absolute atomic E-state index is 12.6. The third-order valence-corrected chi connectivity index (χ3v) is 8.39. The van der Waals surface area contributed by atoms with Gasteiger partial charge >= 0.3 is 5.97 Å². The van der Waals surface area contributed by atoms with Gasteiger partial charge in [-0.05, 0) is 91.1 Å². The number of amides is 1. The highest BCUT2D eigenvalue weighted by Gasteiger charge is 2.32. The number of rotatable bonds is 18. The highest BCUT2D eigenvalue weighted by molar-refractivity contribution is 6.43. The number of likely N-dealkylation sites (N-methyl/N-ethyl adjacent to an activating group) is 1. The molecule has 1 amide bonds. The van der Waals surface area contributed by atoms with Crippen molar-refractivity contribution in [3.63, 3.8) is 0 Å². The standard InChI is InChI=1S/C22H25N3.C18H25NO7/c1-2-4-21(5-3-1)18-25-22(8-6-19-10-14-23-15-11-19)9-7-20-12-16-24-17-13-20;1-10(2)7-12(18(22)23)19(3)17(21)15(20)11-8-13(24-4)16(26-6)14(9-11)25-5/h1-5,10-17,22,25H,6-9,18H2;8-10,12H,7H2,1-6H3,(H,22,23)/t;12-/m.0/s1. The van der Waals surface area contributed by atoms with E-state index in [4.69, 9.17) is 14.2 Å². The number of aryl methyl sites for hydroxylation is 2. The number of carbonyl (C=O) groups excluding carboxylic acids is 2. The summed E-state index contributed by atoms with van der Waals surface area (Å²) in [5.41, 5.74) is 4.06. The van der Waals surface area contributed by atoms with Gasteiger partial charge < -0.3 is 29.5 Å². The van der Waals surface area contributed by atoms with Crippen LogP contribution < -0.4 is 19.5 Å². The summed E-state index contributed by atoms with van der Waals surface area (Å²) in [6.45, 7) is 4.60. The van der Waals surface area contributed by atoms with Crippen LogP contribution in [-0.2, 0) is 29.0 Å². The first-order valence-corrected chi connectivity index (χ1v) is 17.0. The molecule has 0 radical (unpaired) electrons. The van der Waals surface area contributed by atoms with E-state index in [0.717, 1.165) is 37.1 Å². The van der Waals surface area contributed by atoms with E-state index in [0.29, 0.717) is 6.04 Å². The van der Waals surface area contributed by atoms with Crippen LogP contribution in [0.2, 0.25) is 0 Å². The Kier molecular flexibility index (Phi) is 16.6. The van der Waals surface area contributed by atoms with Crippen molar-refractivity contribution in [2.45, 2.75) is 64.6 Å². The summed E-state index contributed by atoms with van der Waals surface area (Å²) in [7, 11) is 5.51. The Morgan fingerprint density at radius 2 is 1.27 bits per heavy atom. The summed E-state index contributed by atoms with van der Waals surface area (Å²) in [4.78, 5) is 45.7. The van der Waals surface area contributed by atoms with Gasteiger partial charge in [-0.25, -0.2) is 4.79 Å². The van der Waals surface area contributed by atoms with Crippen LogP contribution in [0.25, 0.3) is 0 Å². The van der Waals surface area contributed by atoms with Crippen molar-refractivity contribution in [1.29, 1.82) is 0 Å². The van der Waals surface area contributed by atoms with Crippen LogP contribution in [-0.4, -0.2) is 78.1 Å². The van der Waals surface area contributed by atoms with Crippen LogP contribution in [0.5, 0.6) is 17.2 Å². The number of ether oxygens (including phenoxy) is 3. The van der Waals surface area contributed by atoms with Crippen LogP contribution in [0.3, 0.4) is 0 Å². The van der Waals surface area contributed by atoms with Gasteiger partial charge in [0, 0.05) is 50.0 Å². The Balaban J connectivity index is 0.000000275. The second-order valence-electron chi connectivity index (χ2n) is 12.5. The van der Waals surface area contributed by atoms with Gasteiger partial charge in [0.2, 0.25) is 5.75 Å². The van der Waals surface area contributed by atoms with E-state index in [2.05, 4.69) is 69.9 Å². The van der Waals surface area contributed by atoms with Crippen molar-refractivity contribution in [2.75, 3.05) is 28.4 Å². The largest absolute Gasteiger partial charge is 0.493 e. The predicted molar refractivity (Wildman–Crippen MR) is 196 cm³/mol. The highest BCUT2D eigenvalue weighted by atomic mass is 16.5. The monoisotopic (exact) mass is 698 g/mol. The Morgan fingerprint density at radius 3 is 1.71 bits per heavy atom. The molecule has 2 aromatic heterocycles. The number of pyridine rings is 2. The van der Waals surface area contributed by atoms with Gasteiger partial charge in [0.05, 0.1) is 21.3 Å². The molecular formula is C40H50N4O7. The number of aliphatic carboxylic acids is 1. The number of carboxylic acids is 1. The lowest BCUT2D eigenvalue weighted by atomic mass is 9.99. The summed E-state index contributed by atoms with van der Waals surface area (Å²) in [6, 6.07) is 21.2. The molecular weight excluding hydrogens is 648 g/mol. The number of carboxylic acid groups (broad SMARTS) is 1. The molecule has 4 aromatic rings. The Labute approximate surface area is 301 Å². The molecule has 11 heteroatoms. The summed E-state index contributed by atoms with van der Waals surface area (Å²) >= 11 is 0. The number of aromatic nitrogens is 2. The van der Waals surface area contributed by atoms with Gasteiger partial charge in [-0.1, -0.05) is 44.2 Å². The van der Waals surface area contributed by atoms with Crippen LogP contribution in [0.1, 0.15) is 60.2 Å². The van der Waals surface area contributed by atoms with Crippen LogP contribution in [0, 0.1) is 5.92 Å². The fraction of sp³-hybridized carbons (Fsp3) is 0.375. The molecule has 1 atom stereocenters. The number of nitrogens with one attached hydrogen (secondary N) is 1. The minimum atomic E-state index is -1.16. The Morgan fingerprint density at radius 1 is 0.765 bits per heavy atom. The number of hydrogen-bond donors (Lipinski definition) is 2. The lowest BCUT2D eigenvalue weighted by molar-refractivity contribution is -0.148. The lowest BCUT2D eigenvalue weighted by Crippen LogP contribution is -2.46. The van der Waals surface area contributed by atoms with Crippen molar-refractivity contribution in [2.24, 2.45) is 5.92 Å². The van der Waals surface area contributed by atoms with E-state index in [1.165, 1.54) is 57.2 Å². The molecule has 272 valence electrons. The second-order valence-corrected chi connectivity index (χ2v) is 12.5. The van der Waals surface area contributed by atoms with Crippen molar-refractivity contribution < 1.29 is 33.7 Å². The van der Waals surface area contributed by atoms with Gasteiger partial charge in [0.1, 0.15) is 6.04 Å². The quantitative estimate of drug-likeness (QED) is 0.0932. The number of carbonyl (C=O) groups is 3. The molecule has 0 saturated carbocycles. The lowest BCUT2D eigenvalue weighted by Gasteiger charge is -2.25. The Bertz CT molecular complexity index is 1530. The molecule has 51 heavy (non-hydrogen) atoms. The highest BCUT2D eigenvalue weighted by Crippen LogP contribution is 2.38. The molecule has 11 nitrogen and oxygen atoms in total. The summed E-state index contributed by atoms with van der Waals surface area (Å²) < 4.78 is 15.5. The molecule has 0 aliphatic carbocycles. The molecule has 0 unspecified atom stereocenters. The number of hydrogen-bond acceptors (Lipinski definition) is 9. The van der Waals surface area contributed by atoms with Gasteiger partial charge in [-0.3, -0.25) is 19.6 Å². The molecule has 2 N–H and O–H groups in total. The fourth-order valence-electron chi connectivity index (χ4n) is 5.50. The zero-order chi connectivity index (χ0) is 37.2. The van der Waals surface area contributed by atoms with E-state index in [9.17, 15) is 19.5 Å². The van der Waals surface area contributed by atoms with E-state index in [1.54, 1.807) is 0 Å². The first-order chi connectivity index (χ1) is 24.6. The van der Waals surface area contributed by atoms with Crippen LogP contribution >= 0.6 is 0 Å². The molecule has 0 spiro atoms. The minimum absolute atomic E-state index is 0.0186. The number of nitrogens with zero attached hydrogens (tertiary/aromatic N) is 3. The van der Waals surface area contributed by atoms with E-state index in [-0.39, 0.29) is 35.2 Å². The molecule has 2 heterocycles. The maximum Gasteiger partial charge on any atom is 0.326 e. The fourth-order valence-corrected chi connectivity index (χ4v) is 5.50. The molecule has 0 bridgehead atoms. The van der Waals surface area contributed by atoms with Crippen molar-refractivity contribution >= 4 is 17.7 Å². The first kappa shape index (κ1) is 40.1. The topological polar surface area (TPSA) is 140 Å². The number of ketones is 1. The van der Waals surface area contributed by atoms with Gasteiger partial charge in [-0.15, -0.1) is 0 Å². The molecule has 0 fully saturated rings. The van der Waals surface area contributed by atoms with Crippen LogP contribution in [0.4, 0.5) is 0 Å². The number of Topliss-reactive ketones (excluding diaryl/α,β-unsaturated/α-hetero) is 1. The zero-order valence-corrected chi connectivity index (χ0v) is 30.4. The molecule has 4 rings (SSSR count). The second kappa shape index (κ2) is 21.0. The SMILES string of the molecule is COc1cc(C(=O)C(=O)N(C)[C@@H](CC(C)C)C(=O)O)cc(OC)c1OC.c1ccc(CNC(CCc2ccncc2)CCc2ccncc2)cc1. The molecule has 0 saturated heterocycles. The summed E-state index contributed by atoms with van der Waals surface area (Å²) in [6.07, 6.45) is 12.1. The average molecular weight is 699 g/mol. The van der Waals surface area contributed by atoms with Crippen LogP contribution in [0.15, 0.2) is 91.5 Å². The third-order valence-electron chi connectivity index (χ3n) is 8.39. The smallest absolute Gasteiger partial charge is 0.326 e. The average Bonchev–Trinajstić information content (AvgIpc) is 3.16. The predicted octanol–water partition coefficient (Wildman–Crippen LogP) is 6.05. The maximum atomic E-state index is 12.6. The van der Waals surface area contributed by atoms with Crippen molar-refractivity contribution in [3.8, 4) is 17.2 Å². The van der Waals surface area contributed by atoms with Gasteiger partial charge in [-0.2, -0.15) is 0 Å². The first-order valence-electron chi connectivity index (χ1n) is 17.0. The van der Waals surface area contributed by atoms with Crippen molar-refractivity contribution in [3.05, 3.63) is 114 Å². The summed E-state index contributed by atoms with van der Waals surface area (Å²) in [5, 5.41) is 13.1. The van der Waals surface area contributed by atoms with E-state index in [1.807, 2.05) is 38.6 Å². The van der Waals surface area contributed by atoms with Gasteiger partial charge in [0.25, 0.3) is 11.7 Å². The number of methoxy groups -OCH3 is 3. The normalized spacial score (nSPS) is 11.3. The van der Waals surface area contributed by atoms with E-state index < -0.39 is 23.7 Å². The third kappa shape index (κ3) is 12.8. The zero-order valence-electron chi connectivity index (χ0n) is 30.4. The van der Waals surface area contributed by atoms with Crippen molar-refractivity contribution in [1.82, 2.24) is 20.2 Å². The Hall–Kier alpha value is -5.29.